The third kappa shape index (κ3) is 4.22. The topological polar surface area (TPSA) is 63.1 Å². The van der Waals surface area contributed by atoms with Crippen molar-refractivity contribution in [2.75, 3.05) is 0 Å². The number of aromatic carboxylic acids is 1. The van der Waals surface area contributed by atoms with Gasteiger partial charge in [0.1, 0.15) is 17.3 Å². The Morgan fingerprint density at radius 3 is 2.14 bits per heavy atom. The van der Waals surface area contributed by atoms with Crippen LogP contribution < -0.4 is 0 Å². The summed E-state index contributed by atoms with van der Waals surface area (Å²) in [7, 11) is 0. The van der Waals surface area contributed by atoms with Gasteiger partial charge in [-0.3, -0.25) is 8.78 Å². The number of nitrogens with zero attached hydrogens (tertiary/aromatic N) is 2. The zero-order chi connectivity index (χ0) is 20.6. The van der Waals surface area contributed by atoms with E-state index in [-0.39, 0.29) is 32.5 Å². The molecule has 29 heavy (non-hydrogen) atoms. The Hall–Kier alpha value is -2.60. The Morgan fingerprint density at radius 1 is 0.931 bits per heavy atom. The van der Waals surface area contributed by atoms with Crippen molar-refractivity contribution in [2.24, 2.45) is 0 Å². The molecule has 0 unspecified atom stereocenters. The summed E-state index contributed by atoms with van der Waals surface area (Å²) >= 11 is 0. The van der Waals surface area contributed by atoms with Gasteiger partial charge in [-0.25, -0.2) is 18.6 Å². The Labute approximate surface area is 177 Å². The number of hydrogen-bond donors (Lipinski definition) is 1. The van der Waals surface area contributed by atoms with E-state index in [1.807, 2.05) is 6.07 Å². The molecular formula is C20H13F4N2O2Pt-. The smallest absolute Gasteiger partial charge is 0.354 e. The minimum Gasteiger partial charge on any atom is -0.477 e. The van der Waals surface area contributed by atoms with Crippen molar-refractivity contribution in [1.82, 2.24) is 9.97 Å². The van der Waals surface area contributed by atoms with Gasteiger partial charge in [-0.15, -0.1) is 0 Å². The van der Waals surface area contributed by atoms with E-state index < -0.39 is 40.2 Å². The second kappa shape index (κ2) is 8.41. The van der Waals surface area contributed by atoms with E-state index in [0.717, 1.165) is 0 Å². The third-order valence-corrected chi connectivity index (χ3v) is 4.29. The van der Waals surface area contributed by atoms with Gasteiger partial charge in [-0.2, -0.15) is 0 Å². The largest absolute Gasteiger partial charge is 0.477 e. The van der Waals surface area contributed by atoms with E-state index in [2.05, 4.69) is 9.97 Å². The Kier molecular flexibility index (Phi) is 6.58. The number of carboxylic acids is 1. The van der Waals surface area contributed by atoms with Gasteiger partial charge in [0.15, 0.2) is 0 Å². The maximum atomic E-state index is 14.1. The van der Waals surface area contributed by atoms with Crippen molar-refractivity contribution in [3.05, 3.63) is 82.8 Å². The minimum atomic E-state index is -1.95. The summed E-state index contributed by atoms with van der Waals surface area (Å²) in [6.45, 7) is 3.41. The van der Waals surface area contributed by atoms with E-state index in [1.54, 1.807) is 26.0 Å². The van der Waals surface area contributed by atoms with Crippen LogP contribution in [0, 0.1) is 29.3 Å². The summed E-state index contributed by atoms with van der Waals surface area (Å²) in [5, 5.41) is 9.12. The fourth-order valence-electron chi connectivity index (χ4n) is 2.65. The zero-order valence-corrected chi connectivity index (χ0v) is 17.3. The van der Waals surface area contributed by atoms with Crippen LogP contribution in [0.2, 0.25) is 0 Å². The van der Waals surface area contributed by atoms with Gasteiger partial charge in [0.2, 0.25) is 0 Å². The molecule has 1 N–H and O–H groups in total. The van der Waals surface area contributed by atoms with Gasteiger partial charge in [0.25, 0.3) is 0 Å². The van der Waals surface area contributed by atoms with Crippen LogP contribution in [-0.4, -0.2) is 21.0 Å². The third-order valence-electron chi connectivity index (χ3n) is 4.29. The first-order valence-electron chi connectivity index (χ1n) is 8.07. The molecule has 0 saturated carbocycles. The van der Waals surface area contributed by atoms with E-state index in [1.165, 1.54) is 24.3 Å². The summed E-state index contributed by atoms with van der Waals surface area (Å²) < 4.78 is 54.3. The van der Waals surface area contributed by atoms with Crippen LogP contribution in [0.4, 0.5) is 17.6 Å². The molecule has 0 aliphatic heterocycles. The van der Waals surface area contributed by atoms with Crippen LogP contribution in [0.25, 0.3) is 11.3 Å². The maximum absolute atomic E-state index is 14.1. The molecule has 4 nitrogen and oxygen atoms in total. The van der Waals surface area contributed by atoms with Gasteiger partial charge >= 0.3 is 5.97 Å². The Bertz CT molecular complexity index is 1090. The first-order chi connectivity index (χ1) is 13.1. The number of aromatic nitrogens is 2. The molecule has 0 amide bonds. The average molecular weight is 584 g/mol. The molecule has 1 aromatic carbocycles. The zero-order valence-electron chi connectivity index (χ0n) is 15.0. The Morgan fingerprint density at radius 2 is 1.52 bits per heavy atom. The second-order valence-corrected chi connectivity index (χ2v) is 6.50. The molecular weight excluding hydrogens is 571 g/mol. The van der Waals surface area contributed by atoms with E-state index in [0.29, 0.717) is 11.4 Å². The minimum absolute atomic E-state index is 0. The van der Waals surface area contributed by atoms with Crippen molar-refractivity contribution < 1.29 is 48.5 Å². The molecule has 2 aromatic heterocycles. The molecule has 154 valence electrons. The van der Waals surface area contributed by atoms with E-state index in [4.69, 9.17) is 5.11 Å². The number of hydrogen-bond acceptors (Lipinski definition) is 3. The molecule has 3 rings (SSSR count). The number of carboxylic acid groups (broad SMARTS) is 1. The van der Waals surface area contributed by atoms with Crippen molar-refractivity contribution in [3.8, 4) is 11.3 Å². The van der Waals surface area contributed by atoms with Crippen molar-refractivity contribution in [3.63, 3.8) is 0 Å². The predicted molar refractivity (Wildman–Crippen MR) is 91.7 cm³/mol. The van der Waals surface area contributed by atoms with Crippen LogP contribution in [0.1, 0.15) is 35.7 Å². The molecule has 3 aromatic rings. The van der Waals surface area contributed by atoms with Crippen LogP contribution in [0.3, 0.4) is 0 Å². The Balaban J connectivity index is 0.00000300. The summed E-state index contributed by atoms with van der Waals surface area (Å²) in [6.07, 6.45) is 0. The number of halogens is 4. The van der Waals surface area contributed by atoms with Crippen LogP contribution in [-0.2, 0) is 26.5 Å². The summed E-state index contributed by atoms with van der Waals surface area (Å²) in [5.41, 5.74) is -1.19. The molecule has 0 saturated heterocycles. The normalized spacial score (nSPS) is 11.1. The SMILES string of the molecule is CC(C)(c1cccc(C(=O)O)n1)c1cccc(-c2[c-]c(F)c(F)c(F)c2F)n1.[Pt]. The first kappa shape index (κ1) is 22.7. The van der Waals surface area contributed by atoms with Crippen molar-refractivity contribution in [1.29, 1.82) is 0 Å². The predicted octanol–water partition coefficient (Wildman–Crippen LogP) is 4.52. The number of benzene rings is 1. The quantitative estimate of drug-likeness (QED) is 0.212. The van der Waals surface area contributed by atoms with Gasteiger partial charge in [0, 0.05) is 32.2 Å². The summed E-state index contributed by atoms with van der Waals surface area (Å²) in [5.74, 6) is -8.36. The molecule has 0 spiro atoms. The summed E-state index contributed by atoms with van der Waals surface area (Å²) in [6, 6.07) is 10.6. The standard InChI is InChI=1S/C20H13F4N2O2.Pt/c1-20(2,15-8-4-6-13(26-15)19(27)28)14-7-3-5-12(25-14)10-9-11(21)17(23)18(24)16(10)22;/h3-8H,1-2H3,(H,27,28);/q-1;. The monoisotopic (exact) mass is 584 g/mol. The molecule has 0 fully saturated rings. The maximum Gasteiger partial charge on any atom is 0.354 e. The fourth-order valence-corrected chi connectivity index (χ4v) is 2.65. The molecule has 0 radical (unpaired) electrons. The van der Waals surface area contributed by atoms with Gasteiger partial charge in [0.05, 0.1) is 17.3 Å². The molecule has 0 atom stereocenters. The molecule has 9 heteroatoms. The number of rotatable bonds is 4. The van der Waals surface area contributed by atoms with Crippen LogP contribution in [0.5, 0.6) is 0 Å². The van der Waals surface area contributed by atoms with Crippen molar-refractivity contribution in [2.45, 2.75) is 19.3 Å². The van der Waals surface area contributed by atoms with Gasteiger partial charge < -0.3 is 10.1 Å². The average Bonchev–Trinajstić information content (AvgIpc) is 2.69. The summed E-state index contributed by atoms with van der Waals surface area (Å²) in [4.78, 5) is 19.5. The first-order valence-corrected chi connectivity index (χ1v) is 8.07. The van der Waals surface area contributed by atoms with E-state index in [9.17, 15) is 22.4 Å². The van der Waals surface area contributed by atoms with Crippen LogP contribution in [0.15, 0.2) is 36.4 Å². The molecule has 0 bridgehead atoms. The molecule has 0 aliphatic rings. The molecule has 0 aliphatic carbocycles. The van der Waals surface area contributed by atoms with Crippen molar-refractivity contribution >= 4 is 5.97 Å². The van der Waals surface area contributed by atoms with E-state index >= 15 is 0 Å². The number of pyridine rings is 2. The second-order valence-electron chi connectivity index (χ2n) is 6.50. The number of carbonyl (C=O) groups is 1. The van der Waals surface area contributed by atoms with Crippen LogP contribution >= 0.6 is 0 Å². The fraction of sp³-hybridized carbons (Fsp3) is 0.150. The molecule has 2 heterocycles. The van der Waals surface area contributed by atoms with Gasteiger partial charge in [-0.05, 0) is 37.7 Å². The van der Waals surface area contributed by atoms with Gasteiger partial charge in [-0.1, -0.05) is 29.8 Å².